The summed E-state index contributed by atoms with van der Waals surface area (Å²) in [6.45, 7) is 3.38. The highest BCUT2D eigenvalue weighted by Crippen LogP contribution is 2.34. The van der Waals surface area contributed by atoms with Crippen molar-refractivity contribution in [1.82, 2.24) is 15.1 Å². The highest BCUT2D eigenvalue weighted by Gasteiger charge is 2.24. The van der Waals surface area contributed by atoms with Crippen LogP contribution < -0.4 is 9.80 Å². The number of aromatic nitrogens is 3. The maximum atomic E-state index is 6.15. The topological polar surface area (TPSA) is 58.3 Å². The summed E-state index contributed by atoms with van der Waals surface area (Å²) >= 11 is 12.2. The van der Waals surface area contributed by atoms with E-state index in [1.54, 1.807) is 0 Å². The molecule has 0 amide bonds. The van der Waals surface area contributed by atoms with Gasteiger partial charge in [0.1, 0.15) is 23.2 Å². The Morgan fingerprint density at radius 1 is 0.828 bits per heavy atom. The lowest BCUT2D eigenvalue weighted by Gasteiger charge is -2.36. The molecule has 0 bridgehead atoms. The van der Waals surface area contributed by atoms with Crippen LogP contribution in [-0.4, -0.2) is 41.3 Å². The van der Waals surface area contributed by atoms with Crippen LogP contribution in [-0.2, 0) is 0 Å². The number of hydrogen-bond donors (Lipinski definition) is 0. The first kappa shape index (κ1) is 18.2. The second-order valence-corrected chi connectivity index (χ2v) is 7.74. The third-order valence-electron chi connectivity index (χ3n) is 5.12. The van der Waals surface area contributed by atoms with Crippen LogP contribution in [0.5, 0.6) is 0 Å². The number of halogens is 2. The zero-order valence-electron chi connectivity index (χ0n) is 15.4. The summed E-state index contributed by atoms with van der Waals surface area (Å²) in [5.41, 5.74) is 3.26. The Morgan fingerprint density at radius 2 is 1.59 bits per heavy atom. The van der Waals surface area contributed by atoms with E-state index in [2.05, 4.69) is 31.0 Å². The predicted octanol–water partition coefficient (Wildman–Crippen LogP) is 4.92. The minimum Gasteiger partial charge on any atom is -0.368 e. The zero-order chi connectivity index (χ0) is 19.8. The predicted molar refractivity (Wildman–Crippen MR) is 116 cm³/mol. The monoisotopic (exact) mass is 425 g/mol. The number of benzene rings is 2. The average Bonchev–Trinajstić information content (AvgIpc) is 3.19. The van der Waals surface area contributed by atoms with Crippen LogP contribution in [0.1, 0.15) is 0 Å². The van der Waals surface area contributed by atoms with Crippen molar-refractivity contribution in [2.75, 3.05) is 36.0 Å². The van der Waals surface area contributed by atoms with Crippen LogP contribution >= 0.6 is 23.2 Å². The molecule has 6 nitrogen and oxygen atoms in total. The van der Waals surface area contributed by atoms with Gasteiger partial charge in [0.15, 0.2) is 0 Å². The number of anilines is 2. The fourth-order valence-electron chi connectivity index (χ4n) is 3.67. The smallest absolute Gasteiger partial charge is 0.263 e. The summed E-state index contributed by atoms with van der Waals surface area (Å²) in [5, 5.41) is 6.50. The molecule has 3 heterocycles. The first-order chi connectivity index (χ1) is 14.2. The second kappa shape index (κ2) is 7.54. The summed E-state index contributed by atoms with van der Waals surface area (Å²) in [4.78, 5) is 13.4. The Labute approximate surface area is 177 Å². The molecule has 5 rings (SSSR count). The first-order valence-corrected chi connectivity index (χ1v) is 10.1. The molecule has 4 aromatic rings. The first-order valence-electron chi connectivity index (χ1n) is 9.31. The molecule has 1 saturated heterocycles. The summed E-state index contributed by atoms with van der Waals surface area (Å²) in [5.74, 6) is 0.840. The number of nitrogens with zero attached hydrogens (tertiary/aromatic N) is 5. The molecule has 0 spiro atoms. The standard InChI is InChI=1S/C21H17Cl2N5O/c22-15-6-4-14(5-7-15)19-18-20(24-13-25-21(18)29-26-19)28-10-8-27(9-11-28)17-3-1-2-16(23)12-17/h1-7,12-13H,8-11H2. The highest BCUT2D eigenvalue weighted by atomic mass is 35.5. The minimum absolute atomic E-state index is 0.484. The molecular formula is C21H17Cl2N5O. The molecule has 1 aliphatic rings. The van der Waals surface area contributed by atoms with Crippen LogP contribution in [0.25, 0.3) is 22.4 Å². The van der Waals surface area contributed by atoms with Gasteiger partial charge < -0.3 is 14.3 Å². The van der Waals surface area contributed by atoms with Crippen molar-refractivity contribution in [1.29, 1.82) is 0 Å². The Kier molecular flexibility index (Phi) is 4.73. The third-order valence-corrected chi connectivity index (χ3v) is 5.61. The average molecular weight is 426 g/mol. The van der Waals surface area contributed by atoms with Gasteiger partial charge in [-0.05, 0) is 30.3 Å². The lowest BCUT2D eigenvalue weighted by Crippen LogP contribution is -2.46. The van der Waals surface area contributed by atoms with Crippen molar-refractivity contribution in [3.8, 4) is 11.3 Å². The van der Waals surface area contributed by atoms with E-state index in [0.29, 0.717) is 10.7 Å². The van der Waals surface area contributed by atoms with E-state index < -0.39 is 0 Å². The quantitative estimate of drug-likeness (QED) is 0.464. The van der Waals surface area contributed by atoms with Gasteiger partial charge in [-0.3, -0.25) is 0 Å². The van der Waals surface area contributed by atoms with Gasteiger partial charge in [0.2, 0.25) is 0 Å². The molecule has 0 aliphatic carbocycles. The van der Waals surface area contributed by atoms with Gasteiger partial charge in [-0.1, -0.05) is 46.6 Å². The normalized spacial score (nSPS) is 14.6. The fourth-order valence-corrected chi connectivity index (χ4v) is 3.98. The Morgan fingerprint density at radius 3 is 2.34 bits per heavy atom. The molecule has 1 aliphatic heterocycles. The van der Waals surface area contributed by atoms with Crippen LogP contribution in [0, 0.1) is 0 Å². The summed E-state index contributed by atoms with van der Waals surface area (Å²) in [6.07, 6.45) is 1.53. The molecule has 146 valence electrons. The van der Waals surface area contributed by atoms with Gasteiger partial charge >= 0.3 is 0 Å². The third kappa shape index (κ3) is 3.50. The highest BCUT2D eigenvalue weighted by molar-refractivity contribution is 6.31. The Hall–Kier alpha value is -2.83. The number of piperazine rings is 1. The second-order valence-electron chi connectivity index (χ2n) is 6.87. The van der Waals surface area contributed by atoms with E-state index in [9.17, 15) is 0 Å². The molecule has 2 aromatic carbocycles. The van der Waals surface area contributed by atoms with Crippen LogP contribution in [0.4, 0.5) is 11.5 Å². The van der Waals surface area contributed by atoms with Gasteiger partial charge in [-0.15, -0.1) is 0 Å². The van der Waals surface area contributed by atoms with Crippen molar-refractivity contribution in [3.63, 3.8) is 0 Å². The van der Waals surface area contributed by atoms with Crippen LogP contribution in [0.3, 0.4) is 0 Å². The van der Waals surface area contributed by atoms with Gasteiger partial charge in [0.25, 0.3) is 5.71 Å². The minimum atomic E-state index is 0.484. The molecule has 29 heavy (non-hydrogen) atoms. The SMILES string of the molecule is Clc1ccc(-c2noc3ncnc(N4CCN(c5cccc(Cl)c5)CC4)c23)cc1. The zero-order valence-corrected chi connectivity index (χ0v) is 16.9. The van der Waals surface area contributed by atoms with Crippen LogP contribution in [0.2, 0.25) is 10.0 Å². The van der Waals surface area contributed by atoms with Crippen molar-refractivity contribution in [3.05, 3.63) is 64.9 Å². The molecule has 0 radical (unpaired) electrons. The molecule has 0 unspecified atom stereocenters. The Bertz CT molecular complexity index is 1150. The van der Waals surface area contributed by atoms with E-state index in [-0.39, 0.29) is 0 Å². The van der Waals surface area contributed by atoms with Crippen molar-refractivity contribution in [2.45, 2.75) is 0 Å². The van der Waals surface area contributed by atoms with E-state index in [1.807, 2.05) is 42.5 Å². The number of rotatable bonds is 3. The Balaban J connectivity index is 1.45. The number of hydrogen-bond acceptors (Lipinski definition) is 6. The summed E-state index contributed by atoms with van der Waals surface area (Å²) < 4.78 is 5.48. The van der Waals surface area contributed by atoms with E-state index in [1.165, 1.54) is 6.33 Å². The van der Waals surface area contributed by atoms with Gasteiger partial charge in [-0.2, -0.15) is 4.98 Å². The molecule has 0 atom stereocenters. The van der Waals surface area contributed by atoms with Crippen LogP contribution in [0.15, 0.2) is 59.4 Å². The van der Waals surface area contributed by atoms with Gasteiger partial charge in [-0.25, -0.2) is 4.98 Å². The van der Waals surface area contributed by atoms with E-state index in [0.717, 1.165) is 59.4 Å². The van der Waals surface area contributed by atoms with Crippen molar-refractivity contribution in [2.24, 2.45) is 0 Å². The van der Waals surface area contributed by atoms with Gasteiger partial charge in [0.05, 0.1) is 0 Å². The van der Waals surface area contributed by atoms with Crippen molar-refractivity contribution < 1.29 is 4.52 Å². The lowest BCUT2D eigenvalue weighted by molar-refractivity contribution is 0.451. The largest absolute Gasteiger partial charge is 0.368 e. The van der Waals surface area contributed by atoms with E-state index in [4.69, 9.17) is 27.7 Å². The number of fused-ring (bicyclic) bond motifs is 1. The molecule has 8 heteroatoms. The lowest BCUT2D eigenvalue weighted by atomic mass is 10.1. The molecule has 0 N–H and O–H groups in total. The van der Waals surface area contributed by atoms with Gasteiger partial charge in [0, 0.05) is 47.5 Å². The van der Waals surface area contributed by atoms with E-state index >= 15 is 0 Å². The van der Waals surface area contributed by atoms with Crippen molar-refractivity contribution >= 4 is 45.8 Å². The maximum Gasteiger partial charge on any atom is 0.263 e. The molecular weight excluding hydrogens is 409 g/mol. The molecule has 0 saturated carbocycles. The fraction of sp³-hybridized carbons (Fsp3) is 0.190. The summed E-state index contributed by atoms with van der Waals surface area (Å²) in [7, 11) is 0. The molecule has 2 aromatic heterocycles. The summed E-state index contributed by atoms with van der Waals surface area (Å²) in [6, 6.07) is 15.5. The molecule has 1 fully saturated rings. The maximum absolute atomic E-state index is 6.15.